The Morgan fingerprint density at radius 2 is 1.83 bits per heavy atom. The molecule has 1 aromatic heterocycles. The summed E-state index contributed by atoms with van der Waals surface area (Å²) in [6, 6.07) is 6.78. The number of carbonyl (C=O) groups excluding carboxylic acids is 1. The Hall–Kier alpha value is -2.37. The highest BCUT2D eigenvalue weighted by atomic mass is 16.2. The van der Waals surface area contributed by atoms with Gasteiger partial charge < -0.3 is 5.32 Å². The van der Waals surface area contributed by atoms with E-state index < -0.39 is 0 Å². The van der Waals surface area contributed by atoms with Crippen LogP contribution in [-0.2, 0) is 11.3 Å². The molecule has 0 bridgehead atoms. The number of H-pyrrole nitrogens is 1. The number of hydrogen-bond donors (Lipinski definition) is 2. The van der Waals surface area contributed by atoms with Crippen LogP contribution in [0.5, 0.6) is 0 Å². The molecule has 0 atom stereocenters. The van der Waals surface area contributed by atoms with Gasteiger partial charge >= 0.3 is 0 Å². The van der Waals surface area contributed by atoms with Crippen molar-refractivity contribution in [3.8, 4) is 0 Å². The first-order chi connectivity index (χ1) is 11.0. The van der Waals surface area contributed by atoms with Crippen LogP contribution in [0.2, 0.25) is 0 Å². The summed E-state index contributed by atoms with van der Waals surface area (Å²) in [6.45, 7) is 2.06. The summed E-state index contributed by atoms with van der Waals surface area (Å²) in [7, 11) is 0. The zero-order chi connectivity index (χ0) is 16.4. The van der Waals surface area contributed by atoms with Crippen molar-refractivity contribution >= 4 is 16.7 Å². The molecule has 0 radical (unpaired) electrons. The molecule has 0 aliphatic heterocycles. The molecule has 23 heavy (non-hydrogen) atoms. The van der Waals surface area contributed by atoms with Gasteiger partial charge in [0.05, 0.1) is 10.8 Å². The molecule has 2 aromatic rings. The SMILES string of the molecule is CC1CCC(NC(=O)Cn2[nH]c(=O)c3ccccc3c2=O)CC1. The van der Waals surface area contributed by atoms with E-state index in [1.54, 1.807) is 24.3 Å². The molecule has 6 nitrogen and oxygen atoms in total. The highest BCUT2D eigenvalue weighted by molar-refractivity contribution is 5.81. The zero-order valence-electron chi connectivity index (χ0n) is 13.2. The lowest BCUT2D eigenvalue weighted by atomic mass is 9.87. The molecular weight excluding hydrogens is 294 g/mol. The van der Waals surface area contributed by atoms with Gasteiger partial charge in [0.25, 0.3) is 11.1 Å². The largest absolute Gasteiger partial charge is 0.352 e. The molecule has 1 amide bonds. The fourth-order valence-electron chi connectivity index (χ4n) is 3.18. The topological polar surface area (TPSA) is 84.0 Å². The molecule has 1 aromatic carbocycles. The maximum atomic E-state index is 12.4. The van der Waals surface area contributed by atoms with Gasteiger partial charge in [0.1, 0.15) is 6.54 Å². The van der Waals surface area contributed by atoms with E-state index in [1.165, 1.54) is 0 Å². The molecule has 1 aliphatic rings. The Morgan fingerprint density at radius 3 is 2.52 bits per heavy atom. The van der Waals surface area contributed by atoms with Crippen LogP contribution in [0.15, 0.2) is 33.9 Å². The third-order valence-corrected chi connectivity index (χ3v) is 4.57. The summed E-state index contributed by atoms with van der Waals surface area (Å²) >= 11 is 0. The summed E-state index contributed by atoms with van der Waals surface area (Å²) in [6.07, 6.45) is 4.15. The summed E-state index contributed by atoms with van der Waals surface area (Å²) in [5, 5.41) is 6.12. The van der Waals surface area contributed by atoms with Crippen molar-refractivity contribution in [2.45, 2.75) is 45.2 Å². The van der Waals surface area contributed by atoms with Gasteiger partial charge in [-0.1, -0.05) is 19.1 Å². The number of rotatable bonds is 3. The molecule has 3 rings (SSSR count). The quantitative estimate of drug-likeness (QED) is 0.897. The highest BCUT2D eigenvalue weighted by Crippen LogP contribution is 2.23. The molecule has 0 saturated heterocycles. The molecule has 1 fully saturated rings. The fraction of sp³-hybridized carbons (Fsp3) is 0.471. The Labute approximate surface area is 133 Å². The van der Waals surface area contributed by atoms with E-state index in [0.29, 0.717) is 16.7 Å². The normalized spacial score (nSPS) is 21.3. The Morgan fingerprint density at radius 1 is 1.17 bits per heavy atom. The van der Waals surface area contributed by atoms with Gasteiger partial charge in [0.2, 0.25) is 5.91 Å². The van der Waals surface area contributed by atoms with Crippen LogP contribution < -0.4 is 16.4 Å². The van der Waals surface area contributed by atoms with Crippen molar-refractivity contribution in [3.05, 3.63) is 45.0 Å². The summed E-state index contributed by atoms with van der Waals surface area (Å²) < 4.78 is 1.09. The average Bonchev–Trinajstić information content (AvgIpc) is 2.54. The van der Waals surface area contributed by atoms with Crippen LogP contribution in [0, 0.1) is 5.92 Å². The van der Waals surface area contributed by atoms with Gasteiger partial charge in [-0.05, 0) is 43.7 Å². The summed E-state index contributed by atoms with van der Waals surface area (Å²) in [5.41, 5.74) is -0.716. The predicted octanol–water partition coefficient (Wildman–Crippen LogP) is 1.38. The van der Waals surface area contributed by atoms with Gasteiger partial charge in [0, 0.05) is 6.04 Å². The number of nitrogens with zero attached hydrogens (tertiary/aromatic N) is 1. The molecular formula is C17H21N3O3. The first-order valence-corrected chi connectivity index (χ1v) is 8.06. The first kappa shape index (κ1) is 15.5. The molecule has 0 spiro atoms. The van der Waals surface area contributed by atoms with E-state index in [2.05, 4.69) is 17.3 Å². The fourth-order valence-corrected chi connectivity index (χ4v) is 3.18. The second kappa shape index (κ2) is 6.40. The van der Waals surface area contributed by atoms with Gasteiger partial charge in [-0.15, -0.1) is 0 Å². The second-order valence-corrected chi connectivity index (χ2v) is 6.40. The third kappa shape index (κ3) is 3.36. The van der Waals surface area contributed by atoms with Crippen molar-refractivity contribution in [1.29, 1.82) is 0 Å². The number of aromatic amines is 1. The Balaban J connectivity index is 1.76. The van der Waals surface area contributed by atoms with Gasteiger partial charge in [-0.2, -0.15) is 0 Å². The van der Waals surface area contributed by atoms with Crippen LogP contribution in [0.1, 0.15) is 32.6 Å². The molecule has 1 saturated carbocycles. The van der Waals surface area contributed by atoms with Crippen molar-refractivity contribution in [2.75, 3.05) is 0 Å². The van der Waals surface area contributed by atoms with E-state index >= 15 is 0 Å². The minimum Gasteiger partial charge on any atom is -0.352 e. The average molecular weight is 315 g/mol. The smallest absolute Gasteiger partial charge is 0.273 e. The monoisotopic (exact) mass is 315 g/mol. The zero-order valence-corrected chi connectivity index (χ0v) is 13.2. The van der Waals surface area contributed by atoms with E-state index in [0.717, 1.165) is 30.4 Å². The molecule has 122 valence electrons. The van der Waals surface area contributed by atoms with Crippen LogP contribution in [-0.4, -0.2) is 21.7 Å². The lowest BCUT2D eigenvalue weighted by Gasteiger charge is -2.26. The van der Waals surface area contributed by atoms with Crippen molar-refractivity contribution in [1.82, 2.24) is 15.1 Å². The number of carbonyl (C=O) groups is 1. The lowest BCUT2D eigenvalue weighted by molar-refractivity contribution is -0.122. The second-order valence-electron chi connectivity index (χ2n) is 6.40. The van der Waals surface area contributed by atoms with Gasteiger partial charge in [-0.3, -0.25) is 19.5 Å². The van der Waals surface area contributed by atoms with E-state index in [4.69, 9.17) is 0 Å². The number of amides is 1. The van der Waals surface area contributed by atoms with Gasteiger partial charge in [0.15, 0.2) is 0 Å². The van der Waals surface area contributed by atoms with E-state index in [-0.39, 0.29) is 29.6 Å². The minimum absolute atomic E-state index is 0.162. The van der Waals surface area contributed by atoms with Crippen molar-refractivity contribution < 1.29 is 4.79 Å². The molecule has 1 aliphatic carbocycles. The van der Waals surface area contributed by atoms with Crippen LogP contribution in [0.3, 0.4) is 0 Å². The molecule has 1 heterocycles. The molecule has 2 N–H and O–H groups in total. The Bertz CT molecular complexity index is 829. The number of fused-ring (bicyclic) bond motifs is 1. The molecule has 6 heteroatoms. The highest BCUT2D eigenvalue weighted by Gasteiger charge is 2.20. The van der Waals surface area contributed by atoms with Crippen molar-refractivity contribution in [2.24, 2.45) is 5.92 Å². The van der Waals surface area contributed by atoms with Crippen LogP contribution >= 0.6 is 0 Å². The molecule has 0 unspecified atom stereocenters. The van der Waals surface area contributed by atoms with Crippen LogP contribution in [0.4, 0.5) is 0 Å². The number of hydrogen-bond acceptors (Lipinski definition) is 3. The summed E-state index contributed by atoms with van der Waals surface area (Å²) in [4.78, 5) is 36.5. The predicted molar refractivity (Wildman–Crippen MR) is 88.4 cm³/mol. The van der Waals surface area contributed by atoms with Crippen LogP contribution in [0.25, 0.3) is 10.8 Å². The van der Waals surface area contributed by atoms with Crippen molar-refractivity contribution in [3.63, 3.8) is 0 Å². The number of aromatic nitrogens is 2. The minimum atomic E-state index is -0.362. The standard InChI is InChI=1S/C17H21N3O3/c1-11-6-8-12(9-7-11)18-15(21)10-20-17(23)14-5-3-2-4-13(14)16(22)19-20/h2-5,11-12H,6-10H2,1H3,(H,18,21)(H,19,22). The lowest BCUT2D eigenvalue weighted by Crippen LogP contribution is -2.42. The Kier molecular flexibility index (Phi) is 4.32. The van der Waals surface area contributed by atoms with E-state index in [1.807, 2.05) is 0 Å². The van der Waals surface area contributed by atoms with E-state index in [9.17, 15) is 14.4 Å². The maximum absolute atomic E-state index is 12.4. The third-order valence-electron chi connectivity index (χ3n) is 4.57. The summed E-state index contributed by atoms with van der Waals surface area (Å²) in [5.74, 6) is 0.472. The number of benzene rings is 1. The number of nitrogens with one attached hydrogen (secondary N) is 2. The maximum Gasteiger partial charge on any atom is 0.273 e. The van der Waals surface area contributed by atoms with Gasteiger partial charge in [-0.25, -0.2) is 4.68 Å². The first-order valence-electron chi connectivity index (χ1n) is 8.06.